The van der Waals surface area contributed by atoms with Gasteiger partial charge in [-0.25, -0.2) is 0 Å². The van der Waals surface area contributed by atoms with Gasteiger partial charge < -0.3 is 9.84 Å². The first kappa shape index (κ1) is 9.65. The summed E-state index contributed by atoms with van der Waals surface area (Å²) in [6.45, 7) is 4.97. The molecule has 1 atom stereocenters. The van der Waals surface area contributed by atoms with Gasteiger partial charge >= 0.3 is 0 Å². The maximum Gasteiger partial charge on any atom is 0.229 e. The summed E-state index contributed by atoms with van der Waals surface area (Å²) in [7, 11) is 0. The highest BCUT2D eigenvalue weighted by Gasteiger charge is 2.21. The Balaban J connectivity index is 1.87. The van der Waals surface area contributed by atoms with Gasteiger partial charge in [0.2, 0.25) is 5.89 Å². The minimum atomic E-state index is 0.372. The van der Waals surface area contributed by atoms with Gasteiger partial charge in [0.05, 0.1) is 6.54 Å². The molecule has 2 rings (SSSR count). The van der Waals surface area contributed by atoms with Crippen LogP contribution in [0.25, 0.3) is 0 Å². The zero-order chi connectivity index (χ0) is 9.97. The predicted octanol–water partition coefficient (Wildman–Crippen LogP) is 1.84. The molecule has 0 bridgehead atoms. The highest BCUT2D eigenvalue weighted by atomic mass is 16.5. The van der Waals surface area contributed by atoms with Crippen molar-refractivity contribution in [3.63, 3.8) is 0 Å². The minimum absolute atomic E-state index is 0.372. The summed E-state index contributed by atoms with van der Waals surface area (Å²) in [5, 5.41) is 7.29. The van der Waals surface area contributed by atoms with E-state index in [0.717, 1.165) is 24.7 Å². The molecule has 78 valence electrons. The molecule has 1 fully saturated rings. The Kier molecular flexibility index (Phi) is 2.82. The predicted molar refractivity (Wildman–Crippen MR) is 52.9 cm³/mol. The van der Waals surface area contributed by atoms with Crippen LogP contribution in [0.15, 0.2) is 4.52 Å². The first-order valence-corrected chi connectivity index (χ1v) is 5.35. The van der Waals surface area contributed by atoms with E-state index in [2.05, 4.69) is 29.3 Å². The topological polar surface area (TPSA) is 51.0 Å². The van der Waals surface area contributed by atoms with Gasteiger partial charge in [-0.05, 0) is 19.3 Å². The molecule has 1 heterocycles. The Bertz CT molecular complexity index is 293. The van der Waals surface area contributed by atoms with E-state index in [1.807, 2.05) is 0 Å². The van der Waals surface area contributed by atoms with Crippen LogP contribution in [-0.4, -0.2) is 16.2 Å². The van der Waals surface area contributed by atoms with E-state index in [1.165, 1.54) is 12.8 Å². The Morgan fingerprint density at radius 1 is 1.57 bits per heavy atom. The fraction of sp³-hybridized carbons (Fsp3) is 0.800. The number of nitrogens with one attached hydrogen (secondary N) is 1. The van der Waals surface area contributed by atoms with Crippen LogP contribution >= 0.6 is 0 Å². The Hall–Kier alpha value is -0.900. The monoisotopic (exact) mass is 195 g/mol. The number of hydrogen-bond acceptors (Lipinski definition) is 4. The van der Waals surface area contributed by atoms with Crippen LogP contribution in [0, 0.1) is 0 Å². The molecule has 4 nitrogen and oxygen atoms in total. The molecular weight excluding hydrogens is 178 g/mol. The lowest BCUT2D eigenvalue weighted by Gasteiger charge is -1.98. The molecule has 14 heavy (non-hydrogen) atoms. The number of aromatic nitrogens is 2. The van der Waals surface area contributed by atoms with E-state index in [1.54, 1.807) is 0 Å². The molecule has 1 aromatic rings. The lowest BCUT2D eigenvalue weighted by atomic mass is 10.1. The Morgan fingerprint density at radius 3 is 3.00 bits per heavy atom. The smallest absolute Gasteiger partial charge is 0.229 e. The van der Waals surface area contributed by atoms with Gasteiger partial charge in [0.15, 0.2) is 5.82 Å². The lowest BCUT2D eigenvalue weighted by molar-refractivity contribution is 0.351. The third kappa shape index (κ3) is 2.32. The van der Waals surface area contributed by atoms with E-state index >= 15 is 0 Å². The minimum Gasteiger partial charge on any atom is -0.339 e. The Morgan fingerprint density at radius 2 is 2.36 bits per heavy atom. The summed E-state index contributed by atoms with van der Waals surface area (Å²) < 4.78 is 5.17. The average Bonchev–Trinajstić information content (AvgIpc) is 2.92. The van der Waals surface area contributed by atoms with Gasteiger partial charge in [0.25, 0.3) is 0 Å². The third-order valence-electron chi connectivity index (χ3n) is 2.64. The number of nitrogens with zero attached hydrogens (tertiary/aromatic N) is 2. The van der Waals surface area contributed by atoms with Crippen LogP contribution in [0.1, 0.15) is 50.7 Å². The van der Waals surface area contributed by atoms with Crippen LogP contribution in [0.3, 0.4) is 0 Å². The SMILES string of the molecule is CCC(C)c1nc(CNC2CC2)no1. The molecule has 1 unspecified atom stereocenters. The summed E-state index contributed by atoms with van der Waals surface area (Å²) in [4.78, 5) is 4.34. The van der Waals surface area contributed by atoms with Crippen molar-refractivity contribution >= 4 is 0 Å². The van der Waals surface area contributed by atoms with E-state index < -0.39 is 0 Å². The normalized spacial score (nSPS) is 18.4. The molecule has 0 aliphatic heterocycles. The van der Waals surface area contributed by atoms with Gasteiger partial charge in [-0.15, -0.1) is 0 Å². The molecular formula is C10H17N3O. The molecule has 1 aliphatic rings. The van der Waals surface area contributed by atoms with Crippen LogP contribution in [0.5, 0.6) is 0 Å². The fourth-order valence-electron chi connectivity index (χ4n) is 1.24. The van der Waals surface area contributed by atoms with E-state index in [4.69, 9.17) is 4.52 Å². The van der Waals surface area contributed by atoms with Crippen molar-refractivity contribution in [2.75, 3.05) is 0 Å². The molecule has 0 spiro atoms. The quantitative estimate of drug-likeness (QED) is 0.778. The maximum atomic E-state index is 5.17. The summed E-state index contributed by atoms with van der Waals surface area (Å²) in [5.74, 6) is 1.92. The zero-order valence-electron chi connectivity index (χ0n) is 8.79. The van der Waals surface area contributed by atoms with Crippen molar-refractivity contribution < 1.29 is 4.52 Å². The summed E-state index contributed by atoms with van der Waals surface area (Å²) in [6.07, 6.45) is 3.61. The van der Waals surface area contributed by atoms with Crippen LogP contribution in [0.4, 0.5) is 0 Å². The fourth-order valence-corrected chi connectivity index (χ4v) is 1.24. The summed E-state index contributed by atoms with van der Waals surface area (Å²) in [6, 6.07) is 0.695. The first-order chi connectivity index (χ1) is 6.79. The van der Waals surface area contributed by atoms with Crippen LogP contribution in [0.2, 0.25) is 0 Å². The van der Waals surface area contributed by atoms with E-state index in [0.29, 0.717) is 12.0 Å². The highest BCUT2D eigenvalue weighted by molar-refractivity contribution is 4.93. The molecule has 1 aliphatic carbocycles. The van der Waals surface area contributed by atoms with Crippen LogP contribution in [-0.2, 0) is 6.54 Å². The average molecular weight is 195 g/mol. The van der Waals surface area contributed by atoms with Gasteiger partial charge in [-0.2, -0.15) is 4.98 Å². The molecule has 0 aromatic carbocycles. The van der Waals surface area contributed by atoms with E-state index in [9.17, 15) is 0 Å². The second-order valence-corrected chi connectivity index (χ2v) is 4.01. The second-order valence-electron chi connectivity index (χ2n) is 4.01. The van der Waals surface area contributed by atoms with Gasteiger partial charge in [0.1, 0.15) is 0 Å². The van der Waals surface area contributed by atoms with Gasteiger partial charge in [0, 0.05) is 12.0 Å². The van der Waals surface area contributed by atoms with Crippen molar-refractivity contribution in [2.45, 2.75) is 51.6 Å². The standard InChI is InChI=1S/C10H17N3O/c1-3-7(2)10-12-9(13-14-10)6-11-8-4-5-8/h7-8,11H,3-6H2,1-2H3. The molecule has 1 aromatic heterocycles. The maximum absolute atomic E-state index is 5.17. The second kappa shape index (κ2) is 4.09. The molecule has 4 heteroatoms. The van der Waals surface area contributed by atoms with Gasteiger partial charge in [-0.1, -0.05) is 19.0 Å². The van der Waals surface area contributed by atoms with Crippen molar-refractivity contribution in [2.24, 2.45) is 0 Å². The summed E-state index contributed by atoms with van der Waals surface area (Å²) >= 11 is 0. The largest absolute Gasteiger partial charge is 0.339 e. The molecule has 1 saturated carbocycles. The molecule has 1 N–H and O–H groups in total. The number of hydrogen-bond donors (Lipinski definition) is 1. The van der Waals surface area contributed by atoms with Crippen LogP contribution < -0.4 is 5.32 Å². The number of rotatable bonds is 5. The zero-order valence-corrected chi connectivity index (χ0v) is 8.79. The summed E-state index contributed by atoms with van der Waals surface area (Å²) in [5.41, 5.74) is 0. The Labute approximate surface area is 84.1 Å². The third-order valence-corrected chi connectivity index (χ3v) is 2.64. The first-order valence-electron chi connectivity index (χ1n) is 5.35. The van der Waals surface area contributed by atoms with Crippen molar-refractivity contribution in [3.05, 3.63) is 11.7 Å². The van der Waals surface area contributed by atoms with Gasteiger partial charge in [-0.3, -0.25) is 0 Å². The molecule has 0 saturated heterocycles. The lowest BCUT2D eigenvalue weighted by Crippen LogP contribution is -2.16. The molecule has 0 amide bonds. The van der Waals surface area contributed by atoms with Crippen molar-refractivity contribution in [1.82, 2.24) is 15.5 Å². The highest BCUT2D eigenvalue weighted by Crippen LogP contribution is 2.19. The van der Waals surface area contributed by atoms with E-state index in [-0.39, 0.29) is 0 Å². The van der Waals surface area contributed by atoms with Crippen molar-refractivity contribution in [3.8, 4) is 0 Å². The van der Waals surface area contributed by atoms with Crippen molar-refractivity contribution in [1.29, 1.82) is 0 Å². The molecule has 0 radical (unpaired) electrons.